The molecule has 2 heterocycles. The number of nitrogens with zero attached hydrogens (tertiary/aromatic N) is 2. The molecular formula is C13H20N4O2S2. The van der Waals surface area contributed by atoms with Gasteiger partial charge in [-0.25, -0.2) is 18.1 Å². The highest BCUT2D eigenvalue weighted by atomic mass is 32.2. The van der Waals surface area contributed by atoms with Crippen molar-refractivity contribution in [3.05, 3.63) is 11.6 Å². The van der Waals surface area contributed by atoms with Gasteiger partial charge >= 0.3 is 0 Å². The molecule has 0 radical (unpaired) electrons. The maximum atomic E-state index is 12.8. The number of nitrogens with one attached hydrogen (secondary N) is 2. The molecule has 0 spiro atoms. The predicted octanol–water partition coefficient (Wildman–Crippen LogP) is 2.29. The van der Waals surface area contributed by atoms with E-state index < -0.39 is 10.0 Å². The normalized spacial score (nSPS) is 23.5. The van der Waals surface area contributed by atoms with Gasteiger partial charge in [-0.05, 0) is 18.8 Å². The minimum atomic E-state index is -3.58. The molecule has 2 atom stereocenters. The van der Waals surface area contributed by atoms with Crippen LogP contribution < -0.4 is 10.0 Å². The first-order chi connectivity index (χ1) is 10.0. The molecule has 2 aromatic heterocycles. The summed E-state index contributed by atoms with van der Waals surface area (Å²) in [6, 6.07) is 0.0210. The van der Waals surface area contributed by atoms with Crippen LogP contribution in [0.5, 0.6) is 0 Å². The minimum absolute atomic E-state index is 0.0210. The molecule has 0 saturated heterocycles. The number of anilines is 1. The van der Waals surface area contributed by atoms with Crippen molar-refractivity contribution in [3.8, 4) is 0 Å². The zero-order valence-corrected chi connectivity index (χ0v) is 13.8. The van der Waals surface area contributed by atoms with Gasteiger partial charge in [0.05, 0.1) is 0 Å². The third-order valence-corrected chi connectivity index (χ3v) is 6.27. The van der Waals surface area contributed by atoms with Gasteiger partial charge in [-0.1, -0.05) is 19.8 Å². The van der Waals surface area contributed by atoms with Crippen LogP contribution in [0.4, 0.5) is 5.82 Å². The lowest BCUT2D eigenvalue weighted by Crippen LogP contribution is -2.38. The number of rotatable bonds is 4. The van der Waals surface area contributed by atoms with Crippen LogP contribution in [0.15, 0.2) is 16.6 Å². The van der Waals surface area contributed by atoms with Crippen molar-refractivity contribution in [2.75, 3.05) is 12.4 Å². The summed E-state index contributed by atoms with van der Waals surface area (Å²) in [5, 5.41) is 4.92. The van der Waals surface area contributed by atoms with Crippen LogP contribution in [0, 0.1) is 5.92 Å². The molecule has 1 aliphatic carbocycles. The summed E-state index contributed by atoms with van der Waals surface area (Å²) in [6.07, 6.45) is 5.81. The zero-order chi connectivity index (χ0) is 15.0. The fourth-order valence-electron chi connectivity index (χ4n) is 3.00. The van der Waals surface area contributed by atoms with E-state index in [4.69, 9.17) is 0 Å². The topological polar surface area (TPSA) is 75.5 Å². The van der Waals surface area contributed by atoms with E-state index in [2.05, 4.69) is 21.9 Å². The van der Waals surface area contributed by atoms with E-state index in [1.165, 1.54) is 17.8 Å². The standard InChI is InChI=1S/C13H20N4O2S2/c1-9-4-3-5-10(8-9)16-21(18,19)12-11(14-2)15-13-17(12)6-7-20-13/h6-7,9-10,14,16H,3-5,8H2,1-2H3. The number of aromatic nitrogens is 2. The van der Waals surface area contributed by atoms with E-state index in [0.29, 0.717) is 16.7 Å². The van der Waals surface area contributed by atoms with E-state index in [1.807, 2.05) is 5.38 Å². The number of sulfonamides is 1. The Morgan fingerprint density at radius 2 is 2.24 bits per heavy atom. The van der Waals surface area contributed by atoms with E-state index in [-0.39, 0.29) is 11.1 Å². The van der Waals surface area contributed by atoms with Crippen LogP contribution >= 0.6 is 11.3 Å². The summed E-state index contributed by atoms with van der Waals surface area (Å²) >= 11 is 1.42. The lowest BCUT2D eigenvalue weighted by atomic mass is 9.88. The minimum Gasteiger partial charge on any atom is -0.371 e. The Bertz CT molecular complexity index is 735. The van der Waals surface area contributed by atoms with Crippen molar-refractivity contribution in [2.24, 2.45) is 5.92 Å². The Morgan fingerprint density at radius 1 is 1.43 bits per heavy atom. The Labute approximate surface area is 128 Å². The highest BCUT2D eigenvalue weighted by Gasteiger charge is 2.29. The van der Waals surface area contributed by atoms with Crippen molar-refractivity contribution in [1.29, 1.82) is 0 Å². The van der Waals surface area contributed by atoms with Crippen LogP contribution in [0.3, 0.4) is 0 Å². The third-order valence-electron chi connectivity index (χ3n) is 3.97. The van der Waals surface area contributed by atoms with E-state index in [1.54, 1.807) is 17.6 Å². The van der Waals surface area contributed by atoms with Gasteiger partial charge in [-0.3, -0.25) is 4.40 Å². The number of hydrogen-bond acceptors (Lipinski definition) is 5. The summed E-state index contributed by atoms with van der Waals surface area (Å²) < 4.78 is 30.0. The van der Waals surface area contributed by atoms with Gasteiger partial charge in [-0.15, -0.1) is 11.3 Å². The number of hydrogen-bond donors (Lipinski definition) is 2. The first-order valence-electron chi connectivity index (χ1n) is 7.17. The summed E-state index contributed by atoms with van der Waals surface area (Å²) in [6.45, 7) is 2.18. The summed E-state index contributed by atoms with van der Waals surface area (Å²) in [5.41, 5.74) is 0. The second kappa shape index (κ2) is 5.58. The quantitative estimate of drug-likeness (QED) is 0.903. The molecule has 1 fully saturated rings. The smallest absolute Gasteiger partial charge is 0.260 e. The van der Waals surface area contributed by atoms with E-state index in [0.717, 1.165) is 19.3 Å². The van der Waals surface area contributed by atoms with Crippen molar-refractivity contribution in [1.82, 2.24) is 14.1 Å². The molecule has 0 aliphatic heterocycles. The van der Waals surface area contributed by atoms with Gasteiger partial charge in [0.25, 0.3) is 10.0 Å². The predicted molar refractivity (Wildman–Crippen MR) is 84.4 cm³/mol. The molecule has 2 unspecified atom stereocenters. The Kier molecular flexibility index (Phi) is 3.94. The molecule has 21 heavy (non-hydrogen) atoms. The van der Waals surface area contributed by atoms with Crippen LogP contribution in [-0.2, 0) is 10.0 Å². The third kappa shape index (κ3) is 2.79. The lowest BCUT2D eigenvalue weighted by Gasteiger charge is -2.27. The Balaban J connectivity index is 1.94. The maximum absolute atomic E-state index is 12.8. The van der Waals surface area contributed by atoms with Crippen LogP contribution in [0.25, 0.3) is 4.96 Å². The molecule has 0 amide bonds. The van der Waals surface area contributed by atoms with Crippen molar-refractivity contribution < 1.29 is 8.42 Å². The molecule has 0 aromatic carbocycles. The van der Waals surface area contributed by atoms with E-state index >= 15 is 0 Å². The first-order valence-corrected chi connectivity index (χ1v) is 9.53. The highest BCUT2D eigenvalue weighted by Crippen LogP contribution is 2.28. The average molecular weight is 328 g/mol. The Hall–Kier alpha value is -1.12. The molecule has 116 valence electrons. The molecule has 3 rings (SSSR count). The maximum Gasteiger partial charge on any atom is 0.260 e. The van der Waals surface area contributed by atoms with Gasteiger partial charge in [0, 0.05) is 24.7 Å². The average Bonchev–Trinajstić information content (AvgIpc) is 2.96. The van der Waals surface area contributed by atoms with Crippen LogP contribution in [0.2, 0.25) is 0 Å². The van der Waals surface area contributed by atoms with Crippen LogP contribution in [0.1, 0.15) is 32.6 Å². The summed E-state index contributed by atoms with van der Waals surface area (Å²) in [5.74, 6) is 0.972. The summed E-state index contributed by atoms with van der Waals surface area (Å²) in [7, 11) is -1.90. The van der Waals surface area contributed by atoms with Gasteiger partial charge < -0.3 is 5.32 Å². The second-order valence-electron chi connectivity index (χ2n) is 5.66. The molecule has 0 bridgehead atoms. The number of fused-ring (bicyclic) bond motifs is 1. The van der Waals surface area contributed by atoms with Gasteiger partial charge in [-0.2, -0.15) is 0 Å². The molecular weight excluding hydrogens is 308 g/mol. The fourth-order valence-corrected chi connectivity index (χ4v) is 5.35. The van der Waals surface area contributed by atoms with Gasteiger partial charge in [0.15, 0.2) is 15.8 Å². The molecule has 2 N–H and O–H groups in total. The number of thiazole rings is 1. The highest BCUT2D eigenvalue weighted by molar-refractivity contribution is 7.89. The largest absolute Gasteiger partial charge is 0.371 e. The van der Waals surface area contributed by atoms with Gasteiger partial charge in [0.2, 0.25) is 0 Å². The molecule has 1 saturated carbocycles. The molecule has 1 aliphatic rings. The van der Waals surface area contributed by atoms with Crippen LogP contribution in [-0.4, -0.2) is 30.9 Å². The Morgan fingerprint density at radius 3 is 2.95 bits per heavy atom. The van der Waals surface area contributed by atoms with E-state index in [9.17, 15) is 8.42 Å². The van der Waals surface area contributed by atoms with Gasteiger partial charge in [0.1, 0.15) is 0 Å². The fraction of sp³-hybridized carbons (Fsp3) is 0.615. The SMILES string of the molecule is CNc1nc2sccn2c1S(=O)(=O)NC1CCCC(C)C1. The second-order valence-corrected chi connectivity index (χ2v) is 8.16. The molecule has 6 nitrogen and oxygen atoms in total. The lowest BCUT2D eigenvalue weighted by molar-refractivity contribution is 0.327. The summed E-state index contributed by atoms with van der Waals surface area (Å²) in [4.78, 5) is 4.99. The van der Waals surface area contributed by atoms with Crippen molar-refractivity contribution >= 4 is 32.1 Å². The molecule has 8 heteroatoms. The zero-order valence-electron chi connectivity index (χ0n) is 12.2. The molecule has 2 aromatic rings. The number of imidazole rings is 1. The first kappa shape index (κ1) is 14.8. The monoisotopic (exact) mass is 328 g/mol. The van der Waals surface area contributed by atoms with Crippen molar-refractivity contribution in [3.63, 3.8) is 0 Å². The van der Waals surface area contributed by atoms with Crippen molar-refractivity contribution in [2.45, 2.75) is 43.7 Å².